The van der Waals surface area contributed by atoms with Crippen LogP contribution in [0.3, 0.4) is 0 Å². The molecule has 0 saturated carbocycles. The van der Waals surface area contributed by atoms with E-state index in [-0.39, 0.29) is 24.0 Å². The first-order valence-corrected chi connectivity index (χ1v) is 9.45. The molecule has 0 unspecified atom stereocenters. The molecule has 156 valence electrons. The summed E-state index contributed by atoms with van der Waals surface area (Å²) >= 11 is 12.1. The Kier molecular flexibility index (Phi) is 11.7. The maximum absolute atomic E-state index is 6.10. The maximum atomic E-state index is 6.10. The fraction of sp³-hybridized carbons (Fsp3) is 0.421. The van der Waals surface area contributed by atoms with Crippen LogP contribution in [0, 0.1) is 0 Å². The molecule has 0 bridgehead atoms. The van der Waals surface area contributed by atoms with E-state index in [4.69, 9.17) is 32.7 Å². The summed E-state index contributed by atoms with van der Waals surface area (Å²) in [5.41, 5.74) is 2.08. The van der Waals surface area contributed by atoms with Gasteiger partial charge < -0.3 is 24.7 Å². The summed E-state index contributed by atoms with van der Waals surface area (Å²) in [5, 5.41) is 7.61. The van der Waals surface area contributed by atoms with E-state index >= 15 is 0 Å². The minimum absolute atomic E-state index is 0. The smallest absolute Gasteiger partial charge is 0.191 e. The largest absolute Gasteiger partial charge is 0.493 e. The molecule has 6 nitrogen and oxygen atoms in total. The van der Waals surface area contributed by atoms with E-state index < -0.39 is 0 Å². The van der Waals surface area contributed by atoms with E-state index in [2.05, 4.69) is 15.6 Å². The van der Waals surface area contributed by atoms with Gasteiger partial charge >= 0.3 is 0 Å². The standard InChI is InChI=1S/C19H26Cl2N4O2.HI/c1-22-19(24-13-15-11-17(20)18(21)25(15)2)23-12-14-6-4-7-16(10-14)27-9-5-8-26-3;/h4,6-7,10-11H,5,8-9,12-13H2,1-3H3,(H2,22,23,24);1H. The SMILES string of the molecule is CN=C(NCc1cccc(OCCCOC)c1)NCc1cc(Cl)c(Cl)n1C.I. The van der Waals surface area contributed by atoms with E-state index in [0.29, 0.717) is 42.4 Å². The van der Waals surface area contributed by atoms with Gasteiger partial charge in [-0.3, -0.25) is 4.99 Å². The number of aliphatic imine (C=N–C) groups is 1. The molecule has 0 spiro atoms. The second-order valence-electron chi connectivity index (χ2n) is 5.95. The van der Waals surface area contributed by atoms with Gasteiger partial charge in [0.2, 0.25) is 0 Å². The Hall–Kier alpha value is -1.16. The number of benzene rings is 1. The van der Waals surface area contributed by atoms with Crippen LogP contribution in [-0.4, -0.2) is 37.9 Å². The normalized spacial score (nSPS) is 11.1. The molecule has 1 aromatic carbocycles. The predicted molar refractivity (Wildman–Crippen MR) is 126 cm³/mol. The van der Waals surface area contributed by atoms with E-state index in [9.17, 15) is 0 Å². The lowest BCUT2D eigenvalue weighted by molar-refractivity contribution is 0.172. The number of ether oxygens (including phenoxy) is 2. The van der Waals surface area contributed by atoms with Crippen molar-refractivity contribution in [3.8, 4) is 5.75 Å². The summed E-state index contributed by atoms with van der Waals surface area (Å²) < 4.78 is 12.6. The monoisotopic (exact) mass is 540 g/mol. The Labute approximate surface area is 193 Å². The van der Waals surface area contributed by atoms with Crippen LogP contribution in [-0.2, 0) is 24.9 Å². The Bertz CT molecular complexity index is 768. The first-order chi connectivity index (χ1) is 13.0. The average molecular weight is 541 g/mol. The van der Waals surface area contributed by atoms with Crippen molar-refractivity contribution in [2.24, 2.45) is 12.0 Å². The number of guanidine groups is 1. The minimum atomic E-state index is 0. The number of aromatic nitrogens is 1. The molecule has 1 aromatic heterocycles. The topological polar surface area (TPSA) is 59.8 Å². The summed E-state index contributed by atoms with van der Waals surface area (Å²) in [4.78, 5) is 4.24. The minimum Gasteiger partial charge on any atom is -0.493 e. The Morgan fingerprint density at radius 1 is 1.14 bits per heavy atom. The average Bonchev–Trinajstić information content (AvgIpc) is 2.92. The lowest BCUT2D eigenvalue weighted by atomic mass is 10.2. The summed E-state index contributed by atoms with van der Waals surface area (Å²) in [7, 11) is 5.29. The molecule has 0 amide bonds. The van der Waals surface area contributed by atoms with Gasteiger partial charge in [-0.05, 0) is 23.8 Å². The van der Waals surface area contributed by atoms with Crippen LogP contribution in [0.5, 0.6) is 5.75 Å². The van der Waals surface area contributed by atoms with Crippen LogP contribution < -0.4 is 15.4 Å². The predicted octanol–water partition coefficient (Wildman–Crippen LogP) is 4.23. The van der Waals surface area contributed by atoms with Gasteiger partial charge in [-0.2, -0.15) is 0 Å². The number of rotatable bonds is 9. The summed E-state index contributed by atoms with van der Waals surface area (Å²) in [6, 6.07) is 9.83. The molecule has 0 aliphatic heterocycles. The van der Waals surface area contributed by atoms with E-state index in [1.54, 1.807) is 14.2 Å². The van der Waals surface area contributed by atoms with Gasteiger partial charge in [0.05, 0.1) is 18.2 Å². The molecule has 0 aliphatic rings. The van der Waals surface area contributed by atoms with Gasteiger partial charge in [-0.1, -0.05) is 35.3 Å². The van der Waals surface area contributed by atoms with Crippen LogP contribution in [0.2, 0.25) is 10.2 Å². The molecular formula is C19H27Cl2IN4O2. The van der Waals surface area contributed by atoms with Crippen LogP contribution in [0.4, 0.5) is 0 Å². The third kappa shape index (κ3) is 7.69. The number of halogens is 3. The molecule has 0 radical (unpaired) electrons. The van der Waals surface area contributed by atoms with Crippen molar-refractivity contribution in [3.05, 3.63) is 51.8 Å². The van der Waals surface area contributed by atoms with Gasteiger partial charge in [0.25, 0.3) is 0 Å². The van der Waals surface area contributed by atoms with Crippen molar-refractivity contribution in [2.45, 2.75) is 19.5 Å². The Balaban J connectivity index is 0.00000392. The summed E-state index contributed by atoms with van der Waals surface area (Å²) in [6.45, 7) is 2.52. The number of hydrogen-bond donors (Lipinski definition) is 2. The third-order valence-electron chi connectivity index (χ3n) is 4.00. The van der Waals surface area contributed by atoms with Gasteiger partial charge in [0, 0.05) is 46.5 Å². The highest BCUT2D eigenvalue weighted by Gasteiger charge is 2.09. The van der Waals surface area contributed by atoms with Gasteiger partial charge in [0.1, 0.15) is 10.9 Å². The number of methoxy groups -OCH3 is 1. The van der Waals surface area contributed by atoms with Crippen LogP contribution >= 0.6 is 47.2 Å². The maximum Gasteiger partial charge on any atom is 0.191 e. The fourth-order valence-electron chi connectivity index (χ4n) is 2.48. The van der Waals surface area contributed by atoms with E-state index in [1.165, 1.54) is 0 Å². The lowest BCUT2D eigenvalue weighted by Crippen LogP contribution is -2.36. The molecular weight excluding hydrogens is 514 g/mol. The zero-order chi connectivity index (χ0) is 19.6. The van der Waals surface area contributed by atoms with Crippen molar-refractivity contribution in [1.82, 2.24) is 15.2 Å². The molecule has 2 N–H and O–H groups in total. The van der Waals surface area contributed by atoms with Crippen molar-refractivity contribution in [3.63, 3.8) is 0 Å². The molecule has 1 heterocycles. The molecule has 2 aromatic rings. The molecule has 28 heavy (non-hydrogen) atoms. The number of nitrogens with zero attached hydrogens (tertiary/aromatic N) is 2. The van der Waals surface area contributed by atoms with Crippen molar-refractivity contribution >= 4 is 53.1 Å². The van der Waals surface area contributed by atoms with Crippen molar-refractivity contribution < 1.29 is 9.47 Å². The second kappa shape index (κ2) is 13.1. The van der Waals surface area contributed by atoms with Crippen molar-refractivity contribution in [2.75, 3.05) is 27.4 Å². The third-order valence-corrected chi connectivity index (χ3v) is 4.84. The fourth-order valence-corrected chi connectivity index (χ4v) is 2.89. The van der Waals surface area contributed by atoms with Gasteiger partial charge in [-0.15, -0.1) is 24.0 Å². The highest BCUT2D eigenvalue weighted by atomic mass is 127. The molecule has 2 rings (SSSR count). The van der Waals surface area contributed by atoms with Crippen LogP contribution in [0.15, 0.2) is 35.3 Å². The zero-order valence-electron chi connectivity index (χ0n) is 16.3. The van der Waals surface area contributed by atoms with Crippen LogP contribution in [0.1, 0.15) is 17.7 Å². The van der Waals surface area contributed by atoms with Gasteiger partial charge in [0.15, 0.2) is 5.96 Å². The highest BCUT2D eigenvalue weighted by molar-refractivity contribution is 14.0. The van der Waals surface area contributed by atoms with E-state index in [1.807, 2.05) is 41.9 Å². The number of nitrogens with one attached hydrogen (secondary N) is 2. The number of hydrogen-bond acceptors (Lipinski definition) is 3. The molecule has 0 fully saturated rings. The van der Waals surface area contributed by atoms with Gasteiger partial charge in [-0.25, -0.2) is 0 Å². The molecule has 9 heteroatoms. The lowest BCUT2D eigenvalue weighted by Gasteiger charge is -2.13. The van der Waals surface area contributed by atoms with Crippen molar-refractivity contribution in [1.29, 1.82) is 0 Å². The molecule has 0 saturated heterocycles. The van der Waals surface area contributed by atoms with E-state index in [0.717, 1.165) is 23.4 Å². The highest BCUT2D eigenvalue weighted by Crippen LogP contribution is 2.24. The first-order valence-electron chi connectivity index (χ1n) is 8.70. The first kappa shape index (κ1) is 24.9. The summed E-state index contributed by atoms with van der Waals surface area (Å²) in [6.07, 6.45) is 0.864. The Morgan fingerprint density at radius 2 is 1.89 bits per heavy atom. The zero-order valence-corrected chi connectivity index (χ0v) is 20.1. The Morgan fingerprint density at radius 3 is 2.54 bits per heavy atom. The van der Waals surface area contributed by atoms with Crippen LogP contribution in [0.25, 0.3) is 0 Å². The summed E-state index contributed by atoms with van der Waals surface area (Å²) in [5.74, 6) is 1.54. The quantitative estimate of drug-likeness (QED) is 0.216. The molecule has 0 aliphatic carbocycles. The second-order valence-corrected chi connectivity index (χ2v) is 6.72. The molecule has 0 atom stereocenters.